The maximum atomic E-state index is 2.43. The van der Waals surface area contributed by atoms with Crippen molar-refractivity contribution in [1.29, 1.82) is 0 Å². The van der Waals surface area contributed by atoms with Gasteiger partial charge in [0.15, 0.2) is 0 Å². The molecule has 0 saturated carbocycles. The molecule has 22 heavy (non-hydrogen) atoms. The number of thiophene rings is 1. The summed E-state index contributed by atoms with van der Waals surface area (Å²) in [5.74, 6) is 0. The van der Waals surface area contributed by atoms with Gasteiger partial charge in [-0.05, 0) is 40.5 Å². The summed E-state index contributed by atoms with van der Waals surface area (Å²) in [6, 6.07) is 22.4. The van der Waals surface area contributed by atoms with E-state index in [1.165, 1.54) is 42.4 Å². The van der Waals surface area contributed by atoms with Crippen molar-refractivity contribution in [2.45, 2.75) is 19.3 Å². The van der Waals surface area contributed by atoms with Crippen LogP contribution < -0.4 is 0 Å². The number of hydrogen-bond donors (Lipinski definition) is 0. The van der Waals surface area contributed by atoms with Crippen molar-refractivity contribution in [3.8, 4) is 11.1 Å². The second kappa shape index (κ2) is 3.99. The van der Waals surface area contributed by atoms with E-state index in [0.717, 1.165) is 0 Å². The smallest absolute Gasteiger partial charge is 0.0361 e. The third-order valence-electron chi connectivity index (χ3n) is 5.08. The van der Waals surface area contributed by atoms with Crippen LogP contribution in [-0.2, 0) is 5.41 Å². The van der Waals surface area contributed by atoms with Crippen molar-refractivity contribution in [2.75, 3.05) is 0 Å². The summed E-state index contributed by atoms with van der Waals surface area (Å²) in [5, 5.41) is 2.79. The molecule has 0 amide bonds. The summed E-state index contributed by atoms with van der Waals surface area (Å²) in [4.78, 5) is 0. The fourth-order valence-corrected chi connectivity index (χ4v) is 5.05. The summed E-state index contributed by atoms with van der Waals surface area (Å²) in [5.41, 5.74) is 5.82. The van der Waals surface area contributed by atoms with E-state index in [4.69, 9.17) is 0 Å². The molecule has 0 spiro atoms. The quantitative estimate of drug-likeness (QED) is 0.354. The Morgan fingerprint density at radius 2 is 1.45 bits per heavy atom. The SMILES string of the molecule is CC1(C)c2ccccc2-c2cc3sc4ccccc4c3cc21. The van der Waals surface area contributed by atoms with E-state index < -0.39 is 0 Å². The molecule has 0 radical (unpaired) electrons. The minimum atomic E-state index is 0.0865. The van der Waals surface area contributed by atoms with E-state index in [9.17, 15) is 0 Å². The van der Waals surface area contributed by atoms with E-state index in [1.807, 2.05) is 11.3 Å². The van der Waals surface area contributed by atoms with Gasteiger partial charge in [-0.25, -0.2) is 0 Å². The molecule has 1 aliphatic rings. The first-order valence-corrected chi connectivity index (χ1v) is 8.53. The molecule has 4 aromatic rings. The fourth-order valence-electron chi connectivity index (χ4n) is 3.92. The van der Waals surface area contributed by atoms with E-state index >= 15 is 0 Å². The van der Waals surface area contributed by atoms with E-state index in [0.29, 0.717) is 0 Å². The number of rotatable bonds is 0. The van der Waals surface area contributed by atoms with Gasteiger partial charge in [-0.15, -0.1) is 11.3 Å². The molecule has 1 heterocycles. The molecule has 3 aromatic carbocycles. The molecule has 1 aromatic heterocycles. The molecule has 0 nitrogen and oxygen atoms in total. The Bertz CT molecular complexity index is 1050. The Kier molecular flexibility index (Phi) is 2.26. The molecule has 0 atom stereocenters. The van der Waals surface area contributed by atoms with Gasteiger partial charge in [-0.1, -0.05) is 56.3 Å². The molecule has 0 N–H and O–H groups in total. The van der Waals surface area contributed by atoms with Gasteiger partial charge in [-0.3, -0.25) is 0 Å². The molecular weight excluding hydrogens is 284 g/mol. The molecule has 0 fully saturated rings. The van der Waals surface area contributed by atoms with Gasteiger partial charge in [0.05, 0.1) is 0 Å². The summed E-state index contributed by atoms with van der Waals surface area (Å²) >= 11 is 1.90. The second-order valence-electron chi connectivity index (χ2n) is 6.66. The minimum Gasteiger partial charge on any atom is -0.135 e. The van der Waals surface area contributed by atoms with E-state index in [-0.39, 0.29) is 5.41 Å². The summed E-state index contributed by atoms with van der Waals surface area (Å²) in [6.45, 7) is 4.69. The lowest BCUT2D eigenvalue weighted by Crippen LogP contribution is -2.14. The Morgan fingerprint density at radius 1 is 0.682 bits per heavy atom. The Hall–Kier alpha value is -2.12. The highest BCUT2D eigenvalue weighted by Gasteiger charge is 2.35. The van der Waals surface area contributed by atoms with Crippen LogP contribution >= 0.6 is 11.3 Å². The molecule has 0 aliphatic heterocycles. The average Bonchev–Trinajstić information content (AvgIpc) is 3.00. The van der Waals surface area contributed by atoms with E-state index in [1.54, 1.807) is 0 Å². The van der Waals surface area contributed by atoms with Gasteiger partial charge in [0.1, 0.15) is 0 Å². The van der Waals surface area contributed by atoms with E-state index in [2.05, 4.69) is 74.5 Å². The molecule has 0 bridgehead atoms. The second-order valence-corrected chi connectivity index (χ2v) is 7.75. The highest BCUT2D eigenvalue weighted by molar-refractivity contribution is 7.25. The number of fused-ring (bicyclic) bond motifs is 6. The number of benzene rings is 3. The zero-order valence-corrected chi connectivity index (χ0v) is 13.5. The lowest BCUT2D eigenvalue weighted by molar-refractivity contribution is 0.661. The Morgan fingerprint density at radius 3 is 2.36 bits per heavy atom. The van der Waals surface area contributed by atoms with Crippen LogP contribution in [0.4, 0.5) is 0 Å². The largest absolute Gasteiger partial charge is 0.135 e. The fraction of sp³-hybridized carbons (Fsp3) is 0.143. The van der Waals surface area contributed by atoms with Crippen LogP contribution in [0.1, 0.15) is 25.0 Å². The van der Waals surface area contributed by atoms with Gasteiger partial charge < -0.3 is 0 Å². The van der Waals surface area contributed by atoms with Crippen LogP contribution in [0.5, 0.6) is 0 Å². The first-order chi connectivity index (χ1) is 10.7. The highest BCUT2D eigenvalue weighted by atomic mass is 32.1. The maximum absolute atomic E-state index is 2.43. The predicted molar refractivity (Wildman–Crippen MR) is 96.9 cm³/mol. The zero-order chi connectivity index (χ0) is 14.9. The van der Waals surface area contributed by atoms with Crippen LogP contribution in [0.3, 0.4) is 0 Å². The van der Waals surface area contributed by atoms with Crippen LogP contribution in [0, 0.1) is 0 Å². The van der Waals surface area contributed by atoms with Crippen LogP contribution in [0.25, 0.3) is 31.3 Å². The third kappa shape index (κ3) is 1.42. The Balaban J connectivity index is 1.95. The standard InChI is InChI=1S/C21H16S/c1-21(2)17-9-5-3-7-13(17)15-12-20-16(11-18(15)21)14-8-4-6-10-19(14)22-20/h3-12H,1-2H3. The molecule has 1 aliphatic carbocycles. The zero-order valence-electron chi connectivity index (χ0n) is 12.7. The van der Waals surface area contributed by atoms with Crippen molar-refractivity contribution in [3.05, 3.63) is 71.8 Å². The molecular formula is C21H16S. The molecule has 0 saturated heterocycles. The maximum Gasteiger partial charge on any atom is 0.0361 e. The first-order valence-electron chi connectivity index (χ1n) is 7.72. The van der Waals surface area contributed by atoms with Crippen LogP contribution in [-0.4, -0.2) is 0 Å². The van der Waals surface area contributed by atoms with Crippen LogP contribution in [0.2, 0.25) is 0 Å². The average molecular weight is 300 g/mol. The van der Waals surface area contributed by atoms with Crippen molar-refractivity contribution in [2.24, 2.45) is 0 Å². The summed E-state index contributed by atoms with van der Waals surface area (Å²) in [7, 11) is 0. The monoisotopic (exact) mass is 300 g/mol. The van der Waals surface area contributed by atoms with Gasteiger partial charge in [0, 0.05) is 25.6 Å². The van der Waals surface area contributed by atoms with Gasteiger partial charge >= 0.3 is 0 Å². The molecule has 5 rings (SSSR count). The summed E-state index contributed by atoms with van der Waals surface area (Å²) in [6.07, 6.45) is 0. The summed E-state index contributed by atoms with van der Waals surface area (Å²) < 4.78 is 2.78. The predicted octanol–water partition coefficient (Wildman–Crippen LogP) is 6.36. The van der Waals surface area contributed by atoms with Crippen molar-refractivity contribution in [1.82, 2.24) is 0 Å². The lowest BCUT2D eigenvalue weighted by atomic mass is 9.82. The van der Waals surface area contributed by atoms with Gasteiger partial charge in [0.25, 0.3) is 0 Å². The topological polar surface area (TPSA) is 0 Å². The van der Waals surface area contributed by atoms with Gasteiger partial charge in [-0.2, -0.15) is 0 Å². The highest BCUT2D eigenvalue weighted by Crippen LogP contribution is 2.51. The lowest BCUT2D eigenvalue weighted by Gasteiger charge is -2.21. The number of hydrogen-bond acceptors (Lipinski definition) is 1. The third-order valence-corrected chi connectivity index (χ3v) is 6.21. The molecule has 1 heteroatoms. The molecule has 0 unspecified atom stereocenters. The normalized spacial score (nSPS) is 15.2. The Labute approximate surface area is 134 Å². The molecule has 106 valence electrons. The van der Waals surface area contributed by atoms with Crippen molar-refractivity contribution < 1.29 is 0 Å². The van der Waals surface area contributed by atoms with Crippen molar-refractivity contribution in [3.63, 3.8) is 0 Å². The first kappa shape index (κ1) is 12.4. The van der Waals surface area contributed by atoms with Crippen molar-refractivity contribution >= 4 is 31.5 Å². The minimum absolute atomic E-state index is 0.0865. The van der Waals surface area contributed by atoms with Gasteiger partial charge in [0.2, 0.25) is 0 Å². The van der Waals surface area contributed by atoms with Crippen LogP contribution in [0.15, 0.2) is 60.7 Å².